The topological polar surface area (TPSA) is 60.1 Å². The third kappa shape index (κ3) is 2.56. The van der Waals surface area contributed by atoms with Crippen molar-refractivity contribution >= 4 is 11.6 Å². The van der Waals surface area contributed by atoms with Gasteiger partial charge in [0.15, 0.2) is 11.5 Å². The minimum atomic E-state index is 0.313. The van der Waals surface area contributed by atoms with Crippen LogP contribution in [0, 0.1) is 18.3 Å². The number of hydrogen-bond donors (Lipinski definition) is 0. The van der Waals surface area contributed by atoms with Crippen molar-refractivity contribution in [1.29, 1.82) is 5.26 Å². The minimum absolute atomic E-state index is 0.313. The normalized spacial score (nSPS) is 10.2. The Labute approximate surface area is 122 Å². The molecule has 0 aliphatic carbocycles. The van der Waals surface area contributed by atoms with Gasteiger partial charge in [0.1, 0.15) is 0 Å². The van der Waals surface area contributed by atoms with Crippen molar-refractivity contribution in [2.75, 3.05) is 7.11 Å². The first-order chi connectivity index (χ1) is 9.60. The second-order valence-corrected chi connectivity index (χ2v) is 4.47. The van der Waals surface area contributed by atoms with E-state index in [1.54, 1.807) is 29.9 Å². The van der Waals surface area contributed by atoms with Crippen molar-refractivity contribution in [3.63, 3.8) is 0 Å². The number of methoxy groups -OCH3 is 1. The molecule has 0 amide bonds. The number of aromatic nitrogens is 2. The maximum atomic E-state index is 8.89. The Morgan fingerprint density at radius 3 is 2.75 bits per heavy atom. The zero-order valence-corrected chi connectivity index (χ0v) is 12.2. The molecule has 0 atom stereocenters. The molecule has 5 nitrogen and oxygen atoms in total. The van der Waals surface area contributed by atoms with Gasteiger partial charge in [0.05, 0.1) is 35.9 Å². The van der Waals surface area contributed by atoms with Crippen LogP contribution in [0.1, 0.15) is 16.8 Å². The molecule has 0 saturated carbocycles. The highest BCUT2D eigenvalue weighted by atomic mass is 35.5. The van der Waals surface area contributed by atoms with Crippen LogP contribution < -0.4 is 9.47 Å². The average molecular weight is 292 g/mol. The maximum Gasteiger partial charge on any atom is 0.222 e. The van der Waals surface area contributed by atoms with Crippen LogP contribution in [0.15, 0.2) is 18.2 Å². The van der Waals surface area contributed by atoms with Crippen molar-refractivity contribution < 1.29 is 9.47 Å². The second kappa shape index (κ2) is 5.85. The fourth-order valence-corrected chi connectivity index (χ4v) is 2.20. The number of nitrogens with zero attached hydrogens (tertiary/aromatic N) is 3. The molecular weight excluding hydrogens is 278 g/mol. The molecule has 0 aliphatic rings. The number of hydrogen-bond acceptors (Lipinski definition) is 4. The van der Waals surface area contributed by atoms with Crippen molar-refractivity contribution in [3.8, 4) is 23.4 Å². The van der Waals surface area contributed by atoms with Crippen LogP contribution in [0.25, 0.3) is 0 Å². The highest BCUT2D eigenvalue weighted by Gasteiger charge is 2.16. The summed E-state index contributed by atoms with van der Waals surface area (Å²) in [6.45, 7) is 1.88. The summed E-state index contributed by atoms with van der Waals surface area (Å²) in [5, 5.41) is 13.2. The molecule has 0 spiro atoms. The summed E-state index contributed by atoms with van der Waals surface area (Å²) in [4.78, 5) is 0. The first-order valence-electron chi connectivity index (χ1n) is 5.95. The number of rotatable bonds is 4. The first-order valence-corrected chi connectivity index (χ1v) is 6.48. The van der Waals surface area contributed by atoms with Crippen LogP contribution in [0.2, 0.25) is 0 Å². The van der Waals surface area contributed by atoms with E-state index in [2.05, 4.69) is 11.2 Å². The van der Waals surface area contributed by atoms with E-state index in [4.69, 9.17) is 26.3 Å². The molecule has 1 aromatic heterocycles. The first kappa shape index (κ1) is 14.2. The second-order valence-electron chi connectivity index (χ2n) is 4.21. The van der Waals surface area contributed by atoms with Crippen molar-refractivity contribution in [1.82, 2.24) is 9.78 Å². The predicted molar refractivity (Wildman–Crippen MR) is 75.3 cm³/mol. The third-order valence-corrected chi connectivity index (χ3v) is 3.19. The molecule has 1 heterocycles. The summed E-state index contributed by atoms with van der Waals surface area (Å²) in [5.41, 5.74) is 2.17. The van der Waals surface area contributed by atoms with Crippen LogP contribution in [0.4, 0.5) is 0 Å². The lowest BCUT2D eigenvalue weighted by Crippen LogP contribution is -1.98. The SMILES string of the molecule is COc1cc(C#N)ccc1Oc1c(CCl)c(C)nn1C. The van der Waals surface area contributed by atoms with Gasteiger partial charge in [-0.05, 0) is 19.1 Å². The molecule has 0 N–H and O–H groups in total. The third-order valence-electron chi connectivity index (χ3n) is 2.92. The van der Waals surface area contributed by atoms with Gasteiger partial charge in [-0.2, -0.15) is 10.4 Å². The molecule has 20 heavy (non-hydrogen) atoms. The van der Waals surface area contributed by atoms with E-state index in [1.165, 1.54) is 7.11 Å². The molecule has 104 valence electrons. The van der Waals surface area contributed by atoms with Gasteiger partial charge in [0.2, 0.25) is 5.88 Å². The van der Waals surface area contributed by atoms with Crippen LogP contribution in [-0.2, 0) is 12.9 Å². The Hall–Kier alpha value is -2.19. The molecule has 0 saturated heterocycles. The van der Waals surface area contributed by atoms with Crippen LogP contribution >= 0.6 is 11.6 Å². The lowest BCUT2D eigenvalue weighted by molar-refractivity contribution is 0.364. The molecule has 0 radical (unpaired) electrons. The Bertz CT molecular complexity index is 674. The van der Waals surface area contributed by atoms with Gasteiger partial charge < -0.3 is 9.47 Å². The maximum absolute atomic E-state index is 8.89. The molecule has 0 fully saturated rings. The summed E-state index contributed by atoms with van der Waals surface area (Å²) < 4.78 is 12.7. The molecule has 0 aliphatic heterocycles. The smallest absolute Gasteiger partial charge is 0.222 e. The molecule has 0 bridgehead atoms. The zero-order valence-electron chi connectivity index (χ0n) is 11.5. The van der Waals surface area contributed by atoms with E-state index in [1.807, 2.05) is 6.92 Å². The van der Waals surface area contributed by atoms with Gasteiger partial charge in [0.25, 0.3) is 0 Å². The Morgan fingerprint density at radius 1 is 1.40 bits per heavy atom. The molecule has 1 aromatic carbocycles. The largest absolute Gasteiger partial charge is 0.493 e. The van der Waals surface area contributed by atoms with Crippen LogP contribution in [0.5, 0.6) is 17.4 Å². The van der Waals surface area contributed by atoms with Crippen LogP contribution in [-0.4, -0.2) is 16.9 Å². The summed E-state index contributed by atoms with van der Waals surface area (Å²) in [6, 6.07) is 7.04. The standard InChI is InChI=1S/C14H14ClN3O2/c1-9-11(7-15)14(18(2)17-9)20-12-5-4-10(8-16)6-13(12)19-3/h4-6H,7H2,1-3H3. The van der Waals surface area contributed by atoms with Crippen LogP contribution in [0.3, 0.4) is 0 Å². The lowest BCUT2D eigenvalue weighted by Gasteiger charge is -2.11. The number of halogens is 1. The van der Waals surface area contributed by atoms with Gasteiger partial charge in [-0.1, -0.05) is 0 Å². The van der Waals surface area contributed by atoms with Crippen molar-refractivity contribution in [3.05, 3.63) is 35.0 Å². The highest BCUT2D eigenvalue weighted by molar-refractivity contribution is 6.17. The van der Waals surface area contributed by atoms with Gasteiger partial charge >= 0.3 is 0 Å². The number of aryl methyl sites for hydroxylation is 2. The molecule has 6 heteroatoms. The Kier molecular flexibility index (Phi) is 4.16. The van der Waals surface area contributed by atoms with E-state index in [-0.39, 0.29) is 0 Å². The minimum Gasteiger partial charge on any atom is -0.493 e. The highest BCUT2D eigenvalue weighted by Crippen LogP contribution is 2.34. The van der Waals surface area contributed by atoms with E-state index in [0.717, 1.165) is 11.3 Å². The van der Waals surface area contributed by atoms with Crippen molar-refractivity contribution in [2.24, 2.45) is 7.05 Å². The summed E-state index contributed by atoms with van der Waals surface area (Å²) >= 11 is 5.93. The molecule has 2 aromatic rings. The fourth-order valence-electron chi connectivity index (χ4n) is 1.89. The number of ether oxygens (including phenoxy) is 2. The van der Waals surface area contributed by atoms with E-state index >= 15 is 0 Å². The van der Waals surface area contributed by atoms with Gasteiger partial charge in [-0.3, -0.25) is 0 Å². The van der Waals surface area contributed by atoms with Gasteiger partial charge in [-0.15, -0.1) is 11.6 Å². The molecule has 0 unspecified atom stereocenters. The van der Waals surface area contributed by atoms with E-state index < -0.39 is 0 Å². The fraction of sp³-hybridized carbons (Fsp3) is 0.286. The van der Waals surface area contributed by atoms with E-state index in [0.29, 0.717) is 28.8 Å². The molecular formula is C14H14ClN3O2. The monoisotopic (exact) mass is 291 g/mol. The number of benzene rings is 1. The average Bonchev–Trinajstić information content (AvgIpc) is 2.73. The van der Waals surface area contributed by atoms with E-state index in [9.17, 15) is 0 Å². The number of alkyl halides is 1. The Morgan fingerprint density at radius 2 is 2.15 bits per heavy atom. The number of nitriles is 1. The zero-order chi connectivity index (χ0) is 14.7. The Balaban J connectivity index is 2.43. The lowest BCUT2D eigenvalue weighted by atomic mass is 10.2. The summed E-state index contributed by atoms with van der Waals surface area (Å²) in [6.07, 6.45) is 0. The van der Waals surface area contributed by atoms with Crippen molar-refractivity contribution in [2.45, 2.75) is 12.8 Å². The van der Waals surface area contributed by atoms with Gasteiger partial charge in [-0.25, -0.2) is 4.68 Å². The molecule has 2 rings (SSSR count). The van der Waals surface area contributed by atoms with Gasteiger partial charge in [0, 0.05) is 13.1 Å². The predicted octanol–water partition coefficient (Wildman–Crippen LogP) is 3.14. The summed E-state index contributed by atoms with van der Waals surface area (Å²) in [5.74, 6) is 1.89. The quantitative estimate of drug-likeness (QED) is 0.812. The summed E-state index contributed by atoms with van der Waals surface area (Å²) in [7, 11) is 3.31.